The molecule has 0 rings (SSSR count). The number of aliphatic hydroxyl groups is 1. The number of rotatable bonds is 4. The maximum absolute atomic E-state index is 8.82. The second kappa shape index (κ2) is 5.30. The van der Waals surface area contributed by atoms with E-state index in [0.29, 0.717) is 6.61 Å². The van der Waals surface area contributed by atoms with Crippen LogP contribution in [0.5, 0.6) is 0 Å². The van der Waals surface area contributed by atoms with Crippen LogP contribution in [-0.2, 0) is 4.74 Å². The minimum absolute atomic E-state index is 0.375. The first kappa shape index (κ1) is 9.50. The summed E-state index contributed by atoms with van der Waals surface area (Å²) < 4.78 is 5.15. The molecule has 0 aliphatic heterocycles. The summed E-state index contributed by atoms with van der Waals surface area (Å²) >= 11 is 0. The number of aliphatic hydroxyl groups excluding tert-OH is 1. The number of ether oxygens (including phenoxy) is 1. The molecule has 0 aliphatic rings. The molecule has 0 aromatic rings. The van der Waals surface area contributed by atoms with Crippen LogP contribution in [-0.4, -0.2) is 17.8 Å². The van der Waals surface area contributed by atoms with Crippen LogP contribution >= 0.6 is 0 Å². The van der Waals surface area contributed by atoms with Crippen molar-refractivity contribution in [1.82, 2.24) is 0 Å². The fourth-order valence-corrected chi connectivity index (χ4v) is 0.598. The second-order valence-corrected chi connectivity index (χ2v) is 2.38. The van der Waals surface area contributed by atoms with Crippen molar-refractivity contribution in [2.45, 2.75) is 33.3 Å². The molecular formula is C8H16O2. The van der Waals surface area contributed by atoms with Crippen molar-refractivity contribution in [3.8, 4) is 0 Å². The summed E-state index contributed by atoms with van der Waals surface area (Å²) in [6.45, 7) is 6.04. The third-order valence-electron chi connectivity index (χ3n) is 1.04. The van der Waals surface area contributed by atoms with Crippen LogP contribution in [0.1, 0.15) is 27.2 Å². The van der Waals surface area contributed by atoms with Crippen molar-refractivity contribution < 1.29 is 9.84 Å². The number of hydrogen-bond donors (Lipinski definition) is 1. The Balaban J connectivity index is 3.39. The van der Waals surface area contributed by atoms with Gasteiger partial charge in [0, 0.05) is 0 Å². The summed E-state index contributed by atoms with van der Waals surface area (Å²) in [4.78, 5) is 0. The van der Waals surface area contributed by atoms with Crippen molar-refractivity contribution >= 4 is 0 Å². The van der Waals surface area contributed by atoms with E-state index >= 15 is 0 Å². The highest BCUT2D eigenvalue weighted by molar-refractivity contribution is 4.87. The van der Waals surface area contributed by atoms with E-state index in [9.17, 15) is 0 Å². The third kappa shape index (κ3) is 5.63. The largest absolute Gasteiger partial charge is 0.496 e. The average Bonchev–Trinajstić information content (AvgIpc) is 1.85. The molecule has 1 atom stereocenters. The highest BCUT2D eigenvalue weighted by atomic mass is 16.5. The van der Waals surface area contributed by atoms with Crippen molar-refractivity contribution in [3.63, 3.8) is 0 Å². The van der Waals surface area contributed by atoms with Gasteiger partial charge < -0.3 is 9.84 Å². The Morgan fingerprint density at radius 1 is 1.70 bits per heavy atom. The molecule has 0 spiro atoms. The van der Waals surface area contributed by atoms with E-state index in [-0.39, 0.29) is 6.10 Å². The van der Waals surface area contributed by atoms with E-state index < -0.39 is 0 Å². The van der Waals surface area contributed by atoms with Crippen molar-refractivity contribution in [2.75, 3.05) is 6.61 Å². The molecule has 0 radical (unpaired) electrons. The van der Waals surface area contributed by atoms with Crippen LogP contribution in [0.2, 0.25) is 0 Å². The molecule has 60 valence electrons. The molecule has 0 amide bonds. The predicted molar refractivity (Wildman–Crippen MR) is 41.7 cm³/mol. The van der Waals surface area contributed by atoms with Crippen LogP contribution in [0.3, 0.4) is 0 Å². The van der Waals surface area contributed by atoms with E-state index in [1.807, 2.05) is 13.0 Å². The fraction of sp³-hybridized carbons (Fsp3) is 0.750. The Hall–Kier alpha value is -0.500. The minimum atomic E-state index is -0.375. The maximum Gasteiger partial charge on any atom is 0.113 e. The van der Waals surface area contributed by atoms with Gasteiger partial charge in [0.05, 0.1) is 11.9 Å². The van der Waals surface area contributed by atoms with Crippen LogP contribution in [0.25, 0.3) is 0 Å². The third-order valence-corrected chi connectivity index (χ3v) is 1.04. The molecule has 0 fully saturated rings. The van der Waals surface area contributed by atoms with Gasteiger partial charge in [0.25, 0.3) is 0 Å². The Morgan fingerprint density at radius 2 is 2.30 bits per heavy atom. The molecule has 0 bridgehead atoms. The van der Waals surface area contributed by atoms with E-state index in [0.717, 1.165) is 12.2 Å². The topological polar surface area (TPSA) is 29.5 Å². The van der Waals surface area contributed by atoms with Crippen molar-refractivity contribution in [2.24, 2.45) is 0 Å². The summed E-state index contributed by atoms with van der Waals surface area (Å²) in [6, 6.07) is 0. The minimum Gasteiger partial charge on any atom is -0.496 e. The molecule has 1 N–H and O–H groups in total. The molecule has 1 unspecified atom stereocenters. The first-order valence-corrected chi connectivity index (χ1v) is 3.64. The second-order valence-electron chi connectivity index (χ2n) is 2.38. The monoisotopic (exact) mass is 144 g/mol. The molecule has 10 heavy (non-hydrogen) atoms. The molecule has 0 aromatic carbocycles. The molecule has 0 saturated heterocycles. The quantitative estimate of drug-likeness (QED) is 0.608. The van der Waals surface area contributed by atoms with Crippen LogP contribution in [0.4, 0.5) is 0 Å². The summed E-state index contributed by atoms with van der Waals surface area (Å²) in [5.41, 5.74) is 0. The van der Waals surface area contributed by atoms with Gasteiger partial charge in [0.1, 0.15) is 6.61 Å². The first-order valence-electron chi connectivity index (χ1n) is 3.64. The Kier molecular flexibility index (Phi) is 5.03. The van der Waals surface area contributed by atoms with Gasteiger partial charge in [-0.2, -0.15) is 0 Å². The van der Waals surface area contributed by atoms with Gasteiger partial charge in [-0.15, -0.1) is 0 Å². The highest BCUT2D eigenvalue weighted by Crippen LogP contribution is 1.97. The molecule has 2 nitrogen and oxygen atoms in total. The van der Waals surface area contributed by atoms with Crippen molar-refractivity contribution in [3.05, 3.63) is 11.8 Å². The van der Waals surface area contributed by atoms with Crippen molar-refractivity contribution in [1.29, 1.82) is 0 Å². The maximum atomic E-state index is 8.82. The van der Waals surface area contributed by atoms with Gasteiger partial charge in [0.2, 0.25) is 0 Å². The molecule has 0 aromatic heterocycles. The van der Waals surface area contributed by atoms with E-state index in [4.69, 9.17) is 9.84 Å². The normalized spacial score (nSPS) is 15.0. The zero-order valence-electron chi connectivity index (χ0n) is 6.92. The van der Waals surface area contributed by atoms with Crippen LogP contribution in [0, 0.1) is 0 Å². The van der Waals surface area contributed by atoms with Gasteiger partial charge in [-0.1, -0.05) is 6.92 Å². The average molecular weight is 144 g/mol. The zero-order chi connectivity index (χ0) is 7.98. The van der Waals surface area contributed by atoms with Gasteiger partial charge in [-0.25, -0.2) is 0 Å². The van der Waals surface area contributed by atoms with E-state index in [1.165, 1.54) is 0 Å². The molecule has 0 heterocycles. The summed E-state index contributed by atoms with van der Waals surface area (Å²) in [6.07, 6.45) is 2.59. The Labute approximate surface area is 62.5 Å². The highest BCUT2D eigenvalue weighted by Gasteiger charge is 1.94. The molecule has 0 aliphatic carbocycles. The SMILES string of the molecule is CCC=C(C)OCC(C)O. The van der Waals surface area contributed by atoms with E-state index in [1.54, 1.807) is 6.92 Å². The number of hydrogen-bond acceptors (Lipinski definition) is 2. The molecule has 0 saturated carbocycles. The fourth-order valence-electron chi connectivity index (χ4n) is 0.598. The lowest BCUT2D eigenvalue weighted by atomic mass is 10.4. The standard InChI is InChI=1S/C8H16O2/c1-4-5-8(3)10-6-7(2)9/h5,7,9H,4,6H2,1-3H3. The zero-order valence-corrected chi connectivity index (χ0v) is 6.92. The molecular weight excluding hydrogens is 128 g/mol. The van der Waals surface area contributed by atoms with Gasteiger partial charge in [-0.05, 0) is 26.3 Å². The lowest BCUT2D eigenvalue weighted by molar-refractivity contribution is 0.0840. The summed E-state index contributed by atoms with van der Waals surface area (Å²) in [5, 5.41) is 8.82. The Morgan fingerprint density at radius 3 is 2.70 bits per heavy atom. The summed E-state index contributed by atoms with van der Waals surface area (Å²) in [7, 11) is 0. The van der Waals surface area contributed by atoms with Gasteiger partial charge in [0.15, 0.2) is 0 Å². The lowest BCUT2D eigenvalue weighted by Crippen LogP contribution is -2.09. The first-order chi connectivity index (χ1) is 4.66. The van der Waals surface area contributed by atoms with E-state index in [2.05, 4.69) is 6.92 Å². The smallest absolute Gasteiger partial charge is 0.113 e. The van der Waals surface area contributed by atoms with Crippen LogP contribution in [0.15, 0.2) is 11.8 Å². The lowest BCUT2D eigenvalue weighted by Gasteiger charge is -2.07. The number of allylic oxidation sites excluding steroid dienone is 2. The van der Waals surface area contributed by atoms with Crippen LogP contribution < -0.4 is 0 Å². The summed E-state index contributed by atoms with van der Waals surface area (Å²) in [5.74, 6) is 0.892. The molecule has 2 heteroatoms. The van der Waals surface area contributed by atoms with Gasteiger partial charge >= 0.3 is 0 Å². The van der Waals surface area contributed by atoms with Gasteiger partial charge in [-0.3, -0.25) is 0 Å². The Bertz CT molecular complexity index is 106. The predicted octanol–water partition coefficient (Wildman–Crippen LogP) is 1.70.